The minimum Gasteiger partial charge on any atom is -0.376 e. The normalized spacial score (nSPS) is 20.3. The Morgan fingerprint density at radius 3 is 2.95 bits per heavy atom. The van der Waals surface area contributed by atoms with Crippen LogP contribution in [0.5, 0.6) is 0 Å². The molecule has 118 valence electrons. The minimum absolute atomic E-state index is 0.0191. The number of amides is 1. The predicted molar refractivity (Wildman–Crippen MR) is 82.2 cm³/mol. The number of hydrogen-bond donors (Lipinski definition) is 2. The highest BCUT2D eigenvalue weighted by Gasteiger charge is 2.20. The first-order valence-corrected chi connectivity index (χ1v) is 7.56. The smallest absolute Gasteiger partial charge is 0.242 e. The number of nitrogens with zero attached hydrogens (tertiary/aromatic N) is 2. The summed E-state index contributed by atoms with van der Waals surface area (Å²) < 4.78 is 7.46. The van der Waals surface area contributed by atoms with E-state index in [4.69, 9.17) is 4.74 Å². The van der Waals surface area contributed by atoms with Gasteiger partial charge in [0.25, 0.3) is 0 Å². The second-order valence-electron chi connectivity index (χ2n) is 6.69. The molecule has 1 aliphatic rings. The molecule has 1 aromatic rings. The fourth-order valence-electron chi connectivity index (χ4n) is 2.33. The van der Waals surface area contributed by atoms with Crippen LogP contribution in [0.25, 0.3) is 0 Å². The Morgan fingerprint density at radius 1 is 1.57 bits per heavy atom. The van der Waals surface area contributed by atoms with Crippen molar-refractivity contribution in [3.05, 3.63) is 12.4 Å². The summed E-state index contributed by atoms with van der Waals surface area (Å²) in [7, 11) is 0. The van der Waals surface area contributed by atoms with Crippen molar-refractivity contribution in [2.75, 3.05) is 11.9 Å². The van der Waals surface area contributed by atoms with Gasteiger partial charge in [0.15, 0.2) is 0 Å². The van der Waals surface area contributed by atoms with Gasteiger partial charge < -0.3 is 15.4 Å². The number of nitrogens with one attached hydrogen (secondary N) is 2. The maximum atomic E-state index is 12.0. The molecule has 0 radical (unpaired) electrons. The van der Waals surface area contributed by atoms with Gasteiger partial charge in [0.05, 0.1) is 24.5 Å². The van der Waals surface area contributed by atoms with E-state index in [1.54, 1.807) is 6.20 Å². The van der Waals surface area contributed by atoms with Crippen molar-refractivity contribution >= 4 is 11.6 Å². The van der Waals surface area contributed by atoms with Gasteiger partial charge in [-0.1, -0.05) is 0 Å². The van der Waals surface area contributed by atoms with Crippen molar-refractivity contribution in [3.63, 3.8) is 0 Å². The lowest BCUT2D eigenvalue weighted by Crippen LogP contribution is -2.47. The van der Waals surface area contributed by atoms with Gasteiger partial charge in [-0.05, 0) is 40.5 Å². The van der Waals surface area contributed by atoms with E-state index in [2.05, 4.69) is 15.7 Å². The van der Waals surface area contributed by atoms with Crippen molar-refractivity contribution in [1.82, 2.24) is 15.1 Å². The Balaban J connectivity index is 1.85. The summed E-state index contributed by atoms with van der Waals surface area (Å²) >= 11 is 0. The Hall–Kier alpha value is -1.56. The summed E-state index contributed by atoms with van der Waals surface area (Å²) in [5.41, 5.74) is 0.626. The standard InChI is InChI=1S/C15H26N4O2/c1-11(14(20)18-15(2,3)4)17-12-8-16-19(9-12)10-13-6-5-7-21-13/h8-9,11,13,17H,5-7,10H2,1-4H3,(H,18,20)/t11-,13-/m0/s1. The number of ether oxygens (including phenoxy) is 1. The van der Waals surface area contributed by atoms with E-state index >= 15 is 0 Å². The van der Waals surface area contributed by atoms with E-state index in [-0.39, 0.29) is 23.6 Å². The number of hydrogen-bond acceptors (Lipinski definition) is 4. The Kier molecular flexibility index (Phi) is 4.88. The summed E-state index contributed by atoms with van der Waals surface area (Å²) in [6, 6.07) is -0.301. The lowest BCUT2D eigenvalue weighted by Gasteiger charge is -2.23. The minimum atomic E-state index is -0.301. The van der Waals surface area contributed by atoms with Crippen LogP contribution in [-0.2, 0) is 16.1 Å². The Morgan fingerprint density at radius 2 is 2.33 bits per heavy atom. The maximum absolute atomic E-state index is 12.0. The fourth-order valence-corrected chi connectivity index (χ4v) is 2.33. The molecule has 2 atom stereocenters. The molecule has 1 amide bonds. The molecule has 2 rings (SSSR count). The van der Waals surface area contributed by atoms with Crippen LogP contribution in [0.4, 0.5) is 5.69 Å². The molecule has 6 nitrogen and oxygen atoms in total. The van der Waals surface area contributed by atoms with Gasteiger partial charge in [0, 0.05) is 18.3 Å². The van der Waals surface area contributed by atoms with Crippen LogP contribution < -0.4 is 10.6 Å². The van der Waals surface area contributed by atoms with Crippen LogP contribution in [0.2, 0.25) is 0 Å². The number of carbonyl (C=O) groups is 1. The Bertz CT molecular complexity index is 472. The summed E-state index contributed by atoms with van der Waals surface area (Å²) in [5.74, 6) is -0.0191. The van der Waals surface area contributed by atoms with Gasteiger partial charge in [0.1, 0.15) is 6.04 Å². The highest BCUT2D eigenvalue weighted by molar-refractivity contribution is 5.84. The van der Waals surface area contributed by atoms with Crippen molar-refractivity contribution in [2.24, 2.45) is 0 Å². The van der Waals surface area contributed by atoms with Crippen LogP contribution in [-0.4, -0.2) is 40.0 Å². The predicted octanol–water partition coefficient (Wildman–Crippen LogP) is 1.78. The SMILES string of the molecule is C[C@H](Nc1cnn(C[C@@H]2CCCO2)c1)C(=O)NC(C)(C)C. The van der Waals surface area contributed by atoms with Gasteiger partial charge in [-0.25, -0.2) is 0 Å². The van der Waals surface area contributed by atoms with Crippen molar-refractivity contribution in [2.45, 2.75) is 64.8 Å². The molecule has 0 unspecified atom stereocenters. The molecule has 6 heteroatoms. The molecule has 0 bridgehead atoms. The zero-order valence-corrected chi connectivity index (χ0v) is 13.3. The second-order valence-corrected chi connectivity index (χ2v) is 6.69. The molecule has 1 saturated heterocycles. The van der Waals surface area contributed by atoms with Crippen molar-refractivity contribution in [3.8, 4) is 0 Å². The third kappa shape index (κ3) is 5.04. The molecule has 1 aromatic heterocycles. The van der Waals surface area contributed by atoms with Crippen LogP contribution >= 0.6 is 0 Å². The van der Waals surface area contributed by atoms with Crippen LogP contribution in [0, 0.1) is 0 Å². The zero-order chi connectivity index (χ0) is 15.5. The van der Waals surface area contributed by atoms with Crippen molar-refractivity contribution in [1.29, 1.82) is 0 Å². The third-order valence-electron chi connectivity index (χ3n) is 3.32. The topological polar surface area (TPSA) is 68.2 Å². The van der Waals surface area contributed by atoms with Gasteiger partial charge in [0.2, 0.25) is 5.91 Å². The molecular weight excluding hydrogens is 268 g/mol. The summed E-state index contributed by atoms with van der Waals surface area (Å²) in [4.78, 5) is 12.0. The van der Waals surface area contributed by atoms with Gasteiger partial charge in [-0.2, -0.15) is 5.10 Å². The monoisotopic (exact) mass is 294 g/mol. The second kappa shape index (κ2) is 6.47. The lowest BCUT2D eigenvalue weighted by atomic mass is 10.1. The van der Waals surface area contributed by atoms with E-state index in [0.29, 0.717) is 0 Å². The van der Waals surface area contributed by atoms with E-state index in [9.17, 15) is 4.79 Å². The Labute approximate surface area is 126 Å². The molecule has 0 aliphatic carbocycles. The molecule has 0 saturated carbocycles. The average molecular weight is 294 g/mol. The highest BCUT2D eigenvalue weighted by atomic mass is 16.5. The number of anilines is 1. The van der Waals surface area contributed by atoms with Gasteiger partial charge >= 0.3 is 0 Å². The molecule has 1 fully saturated rings. The molecular formula is C15H26N4O2. The molecule has 2 heterocycles. The van der Waals surface area contributed by atoms with E-state index in [1.165, 1.54) is 0 Å². The third-order valence-corrected chi connectivity index (χ3v) is 3.32. The van der Waals surface area contributed by atoms with Crippen LogP contribution in [0.3, 0.4) is 0 Å². The summed E-state index contributed by atoms with van der Waals surface area (Å²) in [6.07, 6.45) is 6.14. The number of rotatable bonds is 5. The molecule has 0 aromatic carbocycles. The van der Waals surface area contributed by atoms with Crippen LogP contribution in [0.15, 0.2) is 12.4 Å². The molecule has 1 aliphatic heterocycles. The average Bonchev–Trinajstić information content (AvgIpc) is 2.99. The fraction of sp³-hybridized carbons (Fsp3) is 0.733. The molecule has 0 spiro atoms. The lowest BCUT2D eigenvalue weighted by molar-refractivity contribution is -0.122. The zero-order valence-electron chi connectivity index (χ0n) is 13.3. The van der Waals surface area contributed by atoms with Crippen molar-refractivity contribution < 1.29 is 9.53 Å². The van der Waals surface area contributed by atoms with E-state index in [0.717, 1.165) is 31.7 Å². The first-order valence-electron chi connectivity index (χ1n) is 7.56. The highest BCUT2D eigenvalue weighted by Crippen LogP contribution is 2.15. The quantitative estimate of drug-likeness (QED) is 0.868. The van der Waals surface area contributed by atoms with Gasteiger partial charge in [-0.15, -0.1) is 0 Å². The van der Waals surface area contributed by atoms with E-state index < -0.39 is 0 Å². The van der Waals surface area contributed by atoms with E-state index in [1.807, 2.05) is 38.6 Å². The summed E-state index contributed by atoms with van der Waals surface area (Å²) in [5, 5.41) is 10.4. The first kappa shape index (κ1) is 15.8. The van der Waals surface area contributed by atoms with Gasteiger partial charge in [-0.3, -0.25) is 9.48 Å². The maximum Gasteiger partial charge on any atom is 0.242 e. The largest absolute Gasteiger partial charge is 0.376 e. The first-order chi connectivity index (χ1) is 9.83. The molecule has 2 N–H and O–H groups in total. The molecule has 21 heavy (non-hydrogen) atoms. The number of carbonyl (C=O) groups excluding carboxylic acids is 1. The van der Waals surface area contributed by atoms with Crippen LogP contribution in [0.1, 0.15) is 40.5 Å². The summed E-state index contributed by atoms with van der Waals surface area (Å²) in [6.45, 7) is 9.37. The number of aromatic nitrogens is 2.